The Balaban J connectivity index is 1.06. The number of rotatable bonds is 6. The monoisotopic (exact) mass is 558 g/mol. The summed E-state index contributed by atoms with van der Waals surface area (Å²) in [7, 11) is 0. The lowest BCUT2D eigenvalue weighted by Crippen LogP contribution is -2.52. The molecule has 1 N–H and O–H groups in total. The number of carbonyl (C=O) groups is 3. The van der Waals surface area contributed by atoms with Crippen LogP contribution in [0.4, 0.5) is 10.5 Å². The summed E-state index contributed by atoms with van der Waals surface area (Å²) in [6.07, 6.45) is 0.719. The van der Waals surface area contributed by atoms with Crippen LogP contribution in [-0.4, -0.2) is 36.7 Å². The SMILES string of the molecule is O=C(N[C@H]1CCc2cccc3c2N(C1=O)[C@H](C(=O)OCc1ccccc1)C3)OCC1c2ccccc2-c2ccccc21. The smallest absolute Gasteiger partial charge is 0.407 e. The van der Waals surface area contributed by atoms with Gasteiger partial charge in [-0.3, -0.25) is 9.69 Å². The van der Waals surface area contributed by atoms with E-state index in [9.17, 15) is 14.4 Å². The fourth-order valence-corrected chi connectivity index (χ4v) is 6.56. The van der Waals surface area contributed by atoms with Gasteiger partial charge in [-0.15, -0.1) is 0 Å². The van der Waals surface area contributed by atoms with Crippen LogP contribution in [0.5, 0.6) is 0 Å². The van der Waals surface area contributed by atoms with Crippen molar-refractivity contribution in [1.82, 2.24) is 5.32 Å². The Morgan fingerprint density at radius 3 is 2.19 bits per heavy atom. The number of alkyl carbamates (subject to hydrolysis) is 1. The summed E-state index contributed by atoms with van der Waals surface area (Å²) in [6, 6.07) is 30.0. The highest BCUT2D eigenvalue weighted by Crippen LogP contribution is 2.44. The minimum atomic E-state index is -0.830. The van der Waals surface area contributed by atoms with E-state index in [-0.39, 0.29) is 25.0 Å². The first-order valence-electron chi connectivity index (χ1n) is 14.3. The molecule has 4 aromatic rings. The van der Waals surface area contributed by atoms with Gasteiger partial charge in [0.2, 0.25) is 0 Å². The van der Waals surface area contributed by atoms with E-state index in [2.05, 4.69) is 29.6 Å². The summed E-state index contributed by atoms with van der Waals surface area (Å²) in [4.78, 5) is 41.9. The van der Waals surface area contributed by atoms with E-state index in [0.29, 0.717) is 19.3 Å². The second kappa shape index (κ2) is 10.8. The molecular formula is C35H30N2O5. The topological polar surface area (TPSA) is 84.9 Å². The molecule has 42 heavy (non-hydrogen) atoms. The molecule has 4 aromatic carbocycles. The lowest BCUT2D eigenvalue weighted by Gasteiger charge is -2.27. The second-order valence-corrected chi connectivity index (χ2v) is 11.0. The number of hydrogen-bond donors (Lipinski definition) is 1. The van der Waals surface area contributed by atoms with Crippen molar-refractivity contribution in [2.24, 2.45) is 0 Å². The van der Waals surface area contributed by atoms with Gasteiger partial charge in [-0.25, -0.2) is 9.59 Å². The number of hydrogen-bond acceptors (Lipinski definition) is 5. The highest BCUT2D eigenvalue weighted by atomic mass is 16.5. The summed E-state index contributed by atoms with van der Waals surface area (Å²) >= 11 is 0. The van der Waals surface area contributed by atoms with E-state index in [1.165, 1.54) is 0 Å². The molecule has 7 heteroatoms. The number of aryl methyl sites for hydroxylation is 1. The van der Waals surface area contributed by atoms with Gasteiger partial charge in [0.25, 0.3) is 5.91 Å². The van der Waals surface area contributed by atoms with Crippen LogP contribution < -0.4 is 10.2 Å². The highest BCUT2D eigenvalue weighted by Gasteiger charge is 2.45. The number of fused-ring (bicyclic) bond motifs is 3. The zero-order valence-corrected chi connectivity index (χ0v) is 23.0. The van der Waals surface area contributed by atoms with Crippen LogP contribution >= 0.6 is 0 Å². The molecule has 0 unspecified atom stereocenters. The van der Waals surface area contributed by atoms with Crippen LogP contribution in [0.1, 0.15) is 40.2 Å². The average molecular weight is 559 g/mol. The number of carbonyl (C=O) groups excluding carboxylic acids is 3. The van der Waals surface area contributed by atoms with Crippen molar-refractivity contribution < 1.29 is 23.9 Å². The lowest BCUT2D eigenvalue weighted by atomic mass is 9.98. The first-order chi connectivity index (χ1) is 20.6. The molecule has 0 saturated carbocycles. The predicted octanol–water partition coefficient (Wildman–Crippen LogP) is 5.54. The van der Waals surface area contributed by atoms with Crippen LogP contribution in [0.2, 0.25) is 0 Å². The van der Waals surface area contributed by atoms with Crippen molar-refractivity contribution in [2.75, 3.05) is 11.5 Å². The van der Waals surface area contributed by atoms with E-state index in [0.717, 1.165) is 44.6 Å². The standard InChI is InChI=1S/C35H30N2O5/c38-33-30(36-35(40)42-21-29-27-15-6-4-13-25(27)26-14-5-7-16-28(26)29)18-17-23-11-8-12-24-19-31(37(33)32(23)24)34(39)41-20-22-9-2-1-3-10-22/h1-16,29-31H,17-21H2,(H,36,40)/t30-,31-/m0/s1. The molecule has 2 aliphatic heterocycles. The maximum atomic E-state index is 13.9. The molecule has 210 valence electrons. The van der Waals surface area contributed by atoms with Crippen LogP contribution in [-0.2, 0) is 38.5 Å². The molecule has 7 rings (SSSR count). The number of benzene rings is 4. The van der Waals surface area contributed by atoms with Gasteiger partial charge in [0.1, 0.15) is 25.3 Å². The molecule has 2 atom stereocenters. The third-order valence-corrected chi connectivity index (χ3v) is 8.54. The first kappa shape index (κ1) is 26.0. The van der Waals surface area contributed by atoms with Crippen molar-refractivity contribution in [2.45, 2.75) is 43.9 Å². The summed E-state index contributed by atoms with van der Waals surface area (Å²) in [6.45, 7) is 0.284. The Hall–Kier alpha value is -4.91. The van der Waals surface area contributed by atoms with E-state index in [4.69, 9.17) is 9.47 Å². The summed E-state index contributed by atoms with van der Waals surface area (Å²) in [5, 5.41) is 2.82. The molecule has 0 spiro atoms. The van der Waals surface area contributed by atoms with Gasteiger partial charge in [0.05, 0.1) is 5.69 Å². The van der Waals surface area contributed by atoms with E-state index >= 15 is 0 Å². The molecule has 2 heterocycles. The first-order valence-corrected chi connectivity index (χ1v) is 14.3. The van der Waals surface area contributed by atoms with E-state index in [1.54, 1.807) is 4.90 Å². The normalized spacial score (nSPS) is 18.5. The molecular weight excluding hydrogens is 528 g/mol. The molecule has 0 radical (unpaired) electrons. The molecule has 0 fully saturated rings. The van der Waals surface area contributed by atoms with Gasteiger partial charge in [0.15, 0.2) is 0 Å². The number of ether oxygens (including phenoxy) is 2. The van der Waals surface area contributed by atoms with Crippen molar-refractivity contribution in [1.29, 1.82) is 0 Å². The molecule has 0 aromatic heterocycles. The largest absolute Gasteiger partial charge is 0.459 e. The van der Waals surface area contributed by atoms with Crippen molar-refractivity contribution in [3.63, 3.8) is 0 Å². The van der Waals surface area contributed by atoms with Gasteiger partial charge in [-0.1, -0.05) is 97.1 Å². The molecule has 2 amide bonds. The van der Waals surface area contributed by atoms with Crippen LogP contribution in [0.3, 0.4) is 0 Å². The maximum absolute atomic E-state index is 13.9. The summed E-state index contributed by atoms with van der Waals surface area (Å²) < 4.78 is 11.4. The van der Waals surface area contributed by atoms with E-state index in [1.807, 2.05) is 72.8 Å². The minimum Gasteiger partial charge on any atom is -0.459 e. The van der Waals surface area contributed by atoms with Gasteiger partial charge >= 0.3 is 12.1 Å². The fourth-order valence-electron chi connectivity index (χ4n) is 6.56. The zero-order valence-electron chi connectivity index (χ0n) is 23.0. The molecule has 1 aliphatic carbocycles. The average Bonchev–Trinajstić information content (AvgIpc) is 3.53. The van der Waals surface area contributed by atoms with Crippen LogP contribution in [0.25, 0.3) is 11.1 Å². The fraction of sp³-hybridized carbons (Fsp3) is 0.229. The van der Waals surface area contributed by atoms with Gasteiger partial charge in [-0.2, -0.15) is 0 Å². The number of nitrogens with zero attached hydrogens (tertiary/aromatic N) is 1. The van der Waals surface area contributed by atoms with Crippen LogP contribution in [0, 0.1) is 0 Å². The van der Waals surface area contributed by atoms with E-state index < -0.39 is 24.1 Å². The molecule has 7 nitrogen and oxygen atoms in total. The van der Waals surface area contributed by atoms with Crippen molar-refractivity contribution >= 4 is 23.7 Å². The lowest BCUT2D eigenvalue weighted by molar-refractivity contribution is -0.147. The number of amides is 2. The second-order valence-electron chi connectivity index (χ2n) is 11.0. The Morgan fingerprint density at radius 1 is 0.786 bits per heavy atom. The number of esters is 1. The zero-order chi connectivity index (χ0) is 28.6. The Labute approximate surface area is 244 Å². The number of anilines is 1. The van der Waals surface area contributed by atoms with Gasteiger partial charge in [0, 0.05) is 12.3 Å². The Bertz CT molecular complexity index is 1640. The number of nitrogens with one attached hydrogen (secondary N) is 1. The van der Waals surface area contributed by atoms with Gasteiger partial charge in [-0.05, 0) is 51.8 Å². The van der Waals surface area contributed by atoms with Crippen LogP contribution in [0.15, 0.2) is 97.1 Å². The highest BCUT2D eigenvalue weighted by molar-refractivity contribution is 6.06. The third-order valence-electron chi connectivity index (χ3n) is 8.54. The maximum Gasteiger partial charge on any atom is 0.407 e. The Kier molecular flexibility index (Phi) is 6.70. The molecule has 3 aliphatic rings. The number of para-hydroxylation sites is 1. The van der Waals surface area contributed by atoms with Crippen molar-refractivity contribution in [3.05, 3.63) is 125 Å². The quantitative estimate of drug-likeness (QED) is 0.314. The third kappa shape index (κ3) is 4.61. The van der Waals surface area contributed by atoms with Gasteiger partial charge < -0.3 is 14.8 Å². The van der Waals surface area contributed by atoms with Crippen molar-refractivity contribution in [3.8, 4) is 11.1 Å². The summed E-state index contributed by atoms with van der Waals surface area (Å²) in [5.74, 6) is -0.868. The predicted molar refractivity (Wildman–Crippen MR) is 158 cm³/mol. The molecule has 0 bridgehead atoms. The molecule has 0 saturated heterocycles. The Morgan fingerprint density at radius 2 is 1.45 bits per heavy atom. The summed E-state index contributed by atoms with van der Waals surface area (Å²) in [5.41, 5.74) is 8.09. The minimum absolute atomic E-state index is 0.0813.